The van der Waals surface area contributed by atoms with Crippen molar-refractivity contribution in [1.29, 1.82) is 0 Å². The molecule has 0 spiro atoms. The maximum Gasteiger partial charge on any atom is 0.228 e. The normalized spacial score (nSPS) is 23.1. The number of carbonyl (C=O) groups excluding carboxylic acids is 1. The predicted octanol–water partition coefficient (Wildman–Crippen LogP) is 2.74. The number of hydrogen-bond donors (Lipinski definition) is 1. The molecule has 1 fully saturated rings. The molecule has 0 saturated carbocycles. The molecule has 0 radical (unpaired) electrons. The second-order valence-electron chi connectivity index (χ2n) is 5.68. The van der Waals surface area contributed by atoms with Gasteiger partial charge in [-0.3, -0.25) is 4.79 Å². The molecule has 2 unspecified atom stereocenters. The van der Waals surface area contributed by atoms with Gasteiger partial charge in [0.2, 0.25) is 5.91 Å². The molecule has 0 bridgehead atoms. The second kappa shape index (κ2) is 6.20. The highest BCUT2D eigenvalue weighted by molar-refractivity contribution is 5.93. The quantitative estimate of drug-likeness (QED) is 0.906. The Bertz CT molecular complexity index is 444. The number of hydrogen-bond acceptors (Lipinski definition) is 2. The van der Waals surface area contributed by atoms with Crippen LogP contribution in [0.3, 0.4) is 0 Å². The molecule has 2 atom stereocenters. The van der Waals surface area contributed by atoms with Gasteiger partial charge in [-0.05, 0) is 49.9 Å². The SMILES string of the molecule is Cc1cccc(N(C)C(=O)CC2NCCCC2C)c1. The molecular weight excluding hydrogens is 236 g/mol. The van der Waals surface area contributed by atoms with Gasteiger partial charge in [-0.1, -0.05) is 19.1 Å². The van der Waals surface area contributed by atoms with Crippen molar-refractivity contribution < 1.29 is 4.79 Å². The van der Waals surface area contributed by atoms with Crippen molar-refractivity contribution in [2.45, 2.75) is 39.2 Å². The summed E-state index contributed by atoms with van der Waals surface area (Å²) in [5.41, 5.74) is 2.16. The minimum Gasteiger partial charge on any atom is -0.315 e. The van der Waals surface area contributed by atoms with Crippen LogP contribution >= 0.6 is 0 Å². The van der Waals surface area contributed by atoms with Crippen LogP contribution in [0.4, 0.5) is 5.69 Å². The lowest BCUT2D eigenvalue weighted by Crippen LogP contribution is -2.43. The molecule has 0 aromatic heterocycles. The summed E-state index contributed by atoms with van der Waals surface area (Å²) in [7, 11) is 1.87. The first-order chi connectivity index (χ1) is 9.08. The second-order valence-corrected chi connectivity index (χ2v) is 5.68. The van der Waals surface area contributed by atoms with Crippen LogP contribution in [0, 0.1) is 12.8 Å². The molecule has 1 aliphatic rings. The molecule has 3 heteroatoms. The molecule has 1 amide bonds. The Hall–Kier alpha value is -1.35. The minimum atomic E-state index is 0.192. The predicted molar refractivity (Wildman–Crippen MR) is 79.4 cm³/mol. The molecule has 1 aliphatic heterocycles. The van der Waals surface area contributed by atoms with Crippen molar-refractivity contribution in [3.63, 3.8) is 0 Å². The molecule has 0 aliphatic carbocycles. The Morgan fingerprint density at radius 3 is 2.95 bits per heavy atom. The zero-order chi connectivity index (χ0) is 13.8. The first kappa shape index (κ1) is 14.1. The fourth-order valence-electron chi connectivity index (χ4n) is 2.69. The van der Waals surface area contributed by atoms with Gasteiger partial charge in [0, 0.05) is 25.2 Å². The Morgan fingerprint density at radius 2 is 2.26 bits per heavy atom. The average molecular weight is 260 g/mol. The highest BCUT2D eigenvalue weighted by Crippen LogP contribution is 2.21. The van der Waals surface area contributed by atoms with Crippen LogP contribution in [0.15, 0.2) is 24.3 Å². The largest absolute Gasteiger partial charge is 0.315 e. The maximum atomic E-state index is 12.4. The van der Waals surface area contributed by atoms with Gasteiger partial charge in [0.25, 0.3) is 0 Å². The summed E-state index contributed by atoms with van der Waals surface area (Å²) >= 11 is 0. The molecular formula is C16H24N2O. The van der Waals surface area contributed by atoms with Crippen LogP contribution in [-0.2, 0) is 4.79 Å². The van der Waals surface area contributed by atoms with Crippen LogP contribution < -0.4 is 10.2 Å². The van der Waals surface area contributed by atoms with Crippen molar-refractivity contribution in [1.82, 2.24) is 5.32 Å². The number of anilines is 1. The summed E-state index contributed by atoms with van der Waals surface area (Å²) < 4.78 is 0. The number of amides is 1. The smallest absolute Gasteiger partial charge is 0.228 e. The molecule has 19 heavy (non-hydrogen) atoms. The van der Waals surface area contributed by atoms with E-state index in [4.69, 9.17) is 0 Å². The molecule has 1 heterocycles. The third kappa shape index (κ3) is 3.57. The van der Waals surface area contributed by atoms with Crippen LogP contribution in [0.2, 0.25) is 0 Å². The summed E-state index contributed by atoms with van der Waals surface area (Å²) in [6, 6.07) is 8.41. The Kier molecular flexibility index (Phi) is 4.59. The van der Waals surface area contributed by atoms with E-state index in [1.54, 1.807) is 4.90 Å². The van der Waals surface area contributed by atoms with Gasteiger partial charge >= 0.3 is 0 Å². The monoisotopic (exact) mass is 260 g/mol. The number of nitrogens with one attached hydrogen (secondary N) is 1. The van der Waals surface area contributed by atoms with Gasteiger partial charge in [-0.15, -0.1) is 0 Å². The van der Waals surface area contributed by atoms with Crippen LogP contribution in [0.25, 0.3) is 0 Å². The van der Waals surface area contributed by atoms with Crippen molar-refractivity contribution in [2.24, 2.45) is 5.92 Å². The van der Waals surface area contributed by atoms with E-state index in [1.165, 1.54) is 18.4 Å². The molecule has 3 nitrogen and oxygen atoms in total. The number of benzene rings is 1. The molecule has 1 aromatic carbocycles. The van der Waals surface area contributed by atoms with Gasteiger partial charge < -0.3 is 10.2 Å². The molecule has 1 N–H and O–H groups in total. The minimum absolute atomic E-state index is 0.192. The standard InChI is InChI=1S/C16H24N2O/c1-12-6-4-8-14(10-12)18(3)16(19)11-15-13(2)7-5-9-17-15/h4,6,8,10,13,15,17H,5,7,9,11H2,1-3H3. The maximum absolute atomic E-state index is 12.4. The number of piperidine rings is 1. The lowest BCUT2D eigenvalue weighted by atomic mass is 9.90. The first-order valence-electron chi connectivity index (χ1n) is 7.14. The topological polar surface area (TPSA) is 32.3 Å². The third-order valence-corrected chi connectivity index (χ3v) is 4.09. The summed E-state index contributed by atoms with van der Waals surface area (Å²) in [5.74, 6) is 0.778. The number of aryl methyl sites for hydroxylation is 1. The van der Waals surface area contributed by atoms with E-state index < -0.39 is 0 Å². The van der Waals surface area contributed by atoms with E-state index in [0.29, 0.717) is 18.4 Å². The number of carbonyl (C=O) groups is 1. The fraction of sp³-hybridized carbons (Fsp3) is 0.562. The fourth-order valence-corrected chi connectivity index (χ4v) is 2.69. The zero-order valence-corrected chi connectivity index (χ0v) is 12.1. The van der Waals surface area contributed by atoms with Crippen LogP contribution in [0.1, 0.15) is 31.7 Å². The van der Waals surface area contributed by atoms with Crippen molar-refractivity contribution in [3.8, 4) is 0 Å². The molecule has 1 saturated heterocycles. The Labute approximate surface area is 116 Å². The van der Waals surface area contributed by atoms with E-state index in [0.717, 1.165) is 12.2 Å². The third-order valence-electron chi connectivity index (χ3n) is 4.09. The Balaban J connectivity index is 1.99. The van der Waals surface area contributed by atoms with Gasteiger partial charge in [0.1, 0.15) is 0 Å². The van der Waals surface area contributed by atoms with E-state index in [1.807, 2.05) is 32.2 Å². The van der Waals surface area contributed by atoms with Gasteiger partial charge in [-0.2, -0.15) is 0 Å². The number of rotatable bonds is 3. The summed E-state index contributed by atoms with van der Waals surface area (Å²) in [6.45, 7) is 5.32. The molecule has 2 rings (SSSR count). The van der Waals surface area contributed by atoms with E-state index >= 15 is 0 Å². The van der Waals surface area contributed by atoms with E-state index in [-0.39, 0.29) is 5.91 Å². The van der Waals surface area contributed by atoms with Crippen LogP contribution in [0.5, 0.6) is 0 Å². The highest BCUT2D eigenvalue weighted by Gasteiger charge is 2.24. The summed E-state index contributed by atoms with van der Waals surface area (Å²) in [6.07, 6.45) is 3.03. The highest BCUT2D eigenvalue weighted by atomic mass is 16.2. The first-order valence-corrected chi connectivity index (χ1v) is 7.14. The Morgan fingerprint density at radius 1 is 1.47 bits per heavy atom. The van der Waals surface area contributed by atoms with Crippen molar-refractivity contribution in [3.05, 3.63) is 29.8 Å². The van der Waals surface area contributed by atoms with Crippen molar-refractivity contribution >= 4 is 11.6 Å². The van der Waals surface area contributed by atoms with Gasteiger partial charge in [0.05, 0.1) is 0 Å². The summed E-state index contributed by atoms with van der Waals surface area (Å²) in [4.78, 5) is 14.1. The lowest BCUT2D eigenvalue weighted by molar-refractivity contribution is -0.119. The number of nitrogens with zero attached hydrogens (tertiary/aromatic N) is 1. The van der Waals surface area contributed by atoms with E-state index in [9.17, 15) is 4.79 Å². The summed E-state index contributed by atoms with van der Waals surface area (Å²) in [5, 5.41) is 3.47. The van der Waals surface area contributed by atoms with E-state index in [2.05, 4.69) is 18.3 Å². The van der Waals surface area contributed by atoms with Crippen molar-refractivity contribution in [2.75, 3.05) is 18.5 Å². The van der Waals surface area contributed by atoms with Crippen LogP contribution in [-0.4, -0.2) is 25.5 Å². The molecule has 1 aromatic rings. The zero-order valence-electron chi connectivity index (χ0n) is 12.1. The van der Waals surface area contributed by atoms with Gasteiger partial charge in [0.15, 0.2) is 0 Å². The molecule has 104 valence electrons. The van der Waals surface area contributed by atoms with Gasteiger partial charge in [-0.25, -0.2) is 0 Å². The lowest BCUT2D eigenvalue weighted by Gasteiger charge is -2.31. The average Bonchev–Trinajstić information content (AvgIpc) is 2.40.